The number of aldehydes is 1. The number of anilines is 1. The molecule has 2 heterocycles. The number of carbonyl (C=O) groups is 5. The van der Waals surface area contributed by atoms with Gasteiger partial charge in [-0.15, -0.1) is 0 Å². The number of ketones is 1. The first-order chi connectivity index (χ1) is 25.2. The maximum atomic E-state index is 13.2. The number of benzene rings is 1. The van der Waals surface area contributed by atoms with E-state index in [-0.39, 0.29) is 18.6 Å². The molecule has 1 fully saturated rings. The third kappa shape index (κ3) is 12.7. The lowest BCUT2D eigenvalue weighted by Gasteiger charge is -2.47. The van der Waals surface area contributed by atoms with E-state index in [0.717, 1.165) is 0 Å². The first-order valence-corrected chi connectivity index (χ1v) is 17.7. The Morgan fingerprint density at radius 2 is 1.72 bits per heavy atom. The van der Waals surface area contributed by atoms with Crippen LogP contribution in [0.4, 0.5) is 10.5 Å². The molecule has 0 saturated carbocycles. The summed E-state index contributed by atoms with van der Waals surface area (Å²) < 4.78 is 40.8. The highest BCUT2D eigenvalue weighted by molar-refractivity contribution is 5.91. The van der Waals surface area contributed by atoms with Crippen LogP contribution in [0.2, 0.25) is 0 Å². The number of hydrogen-bond donors (Lipinski definition) is 2. The maximum absolute atomic E-state index is 13.2. The van der Waals surface area contributed by atoms with Crippen molar-refractivity contribution in [2.24, 2.45) is 11.8 Å². The van der Waals surface area contributed by atoms with Gasteiger partial charge in [-0.25, -0.2) is 4.79 Å². The number of methoxy groups -OCH3 is 2. The lowest BCUT2D eigenvalue weighted by molar-refractivity contribution is -0.308. The van der Waals surface area contributed by atoms with Crippen molar-refractivity contribution in [2.45, 2.75) is 108 Å². The van der Waals surface area contributed by atoms with E-state index in [9.17, 15) is 29.1 Å². The number of ether oxygens (including phenoxy) is 7. The Morgan fingerprint density at radius 1 is 1.02 bits per heavy atom. The summed E-state index contributed by atoms with van der Waals surface area (Å²) in [6.45, 7) is 6.25. The van der Waals surface area contributed by atoms with Crippen molar-refractivity contribution >= 4 is 35.8 Å². The highest BCUT2D eigenvalue weighted by Crippen LogP contribution is 2.34. The van der Waals surface area contributed by atoms with Crippen molar-refractivity contribution < 1.29 is 62.2 Å². The summed E-state index contributed by atoms with van der Waals surface area (Å²) in [5, 5.41) is 14.5. The Labute approximate surface area is 310 Å². The number of aliphatic hydroxyl groups excluding tert-OH is 1. The van der Waals surface area contributed by atoms with Gasteiger partial charge in [0.1, 0.15) is 42.6 Å². The van der Waals surface area contributed by atoms with E-state index in [1.54, 1.807) is 82.3 Å². The fourth-order valence-corrected chi connectivity index (χ4v) is 6.58. The van der Waals surface area contributed by atoms with E-state index < -0.39 is 91.3 Å². The molecule has 3 rings (SSSR count). The number of carbonyl (C=O) groups excluding carboxylic acids is 5. The van der Waals surface area contributed by atoms with Gasteiger partial charge in [-0.2, -0.15) is 0 Å². The summed E-state index contributed by atoms with van der Waals surface area (Å²) in [4.78, 5) is 65.5. The standard InChI is InChI=1S/C38H54N2O13/c1-22-20-26(18-19-41)35(36(48-8)30(51-25(4)42)21-31(44)49-23(2)12-10-9-11-13-29(22)43)52-37-33(45)32(40(5)6)34(24(3)50-37)53-38(46)39-27-14-16-28(47-7)17-15-27/h9-11,13-17,19,22-24,26,30,32-37,45H,12,18,20-21H2,1-8H3,(H,39,46)/b10-9+,13-11+/t22-,23-,24-,26+,30-,32-,33-,34-,35+,36+,37+/m1/s1. The van der Waals surface area contributed by atoms with Crippen molar-refractivity contribution in [1.82, 2.24) is 4.90 Å². The Kier molecular flexibility index (Phi) is 17.1. The number of cyclic esters (lactones) is 1. The minimum Gasteiger partial charge on any atom is -0.497 e. The second-order valence-electron chi connectivity index (χ2n) is 13.6. The molecule has 1 aromatic rings. The molecule has 1 saturated heterocycles. The van der Waals surface area contributed by atoms with E-state index in [4.69, 9.17) is 33.2 Å². The Balaban J connectivity index is 2.00. The van der Waals surface area contributed by atoms with Crippen LogP contribution in [0.5, 0.6) is 5.75 Å². The molecule has 1 amide bonds. The number of likely N-dealkylation sites (N-methyl/N-ethyl adjacent to an activating group) is 1. The average Bonchev–Trinajstić information content (AvgIpc) is 3.09. The van der Waals surface area contributed by atoms with Crippen molar-refractivity contribution in [3.63, 3.8) is 0 Å². The number of hydrogen-bond acceptors (Lipinski definition) is 14. The van der Waals surface area contributed by atoms with E-state index in [1.807, 2.05) is 0 Å². The third-order valence-electron chi connectivity index (χ3n) is 9.21. The van der Waals surface area contributed by atoms with Crippen molar-refractivity contribution in [3.8, 4) is 5.75 Å². The van der Waals surface area contributed by atoms with Crippen molar-refractivity contribution in [1.29, 1.82) is 0 Å². The van der Waals surface area contributed by atoms with Gasteiger partial charge in [-0.05, 0) is 70.6 Å². The van der Waals surface area contributed by atoms with Crippen LogP contribution >= 0.6 is 0 Å². The van der Waals surface area contributed by atoms with Crippen LogP contribution in [0.1, 0.15) is 53.4 Å². The molecule has 15 nitrogen and oxygen atoms in total. The topological polar surface area (TPSA) is 185 Å². The maximum Gasteiger partial charge on any atom is 0.412 e. The first-order valence-electron chi connectivity index (χ1n) is 17.7. The summed E-state index contributed by atoms with van der Waals surface area (Å²) in [6.07, 6.45) is -2.53. The predicted octanol–water partition coefficient (Wildman–Crippen LogP) is 3.62. The lowest BCUT2D eigenvalue weighted by atomic mass is 9.83. The van der Waals surface area contributed by atoms with Gasteiger partial charge < -0.3 is 48.0 Å². The molecular formula is C38H54N2O13. The number of esters is 2. The Hall–Kier alpha value is -4.15. The van der Waals surface area contributed by atoms with Gasteiger partial charge in [0.05, 0.1) is 31.8 Å². The number of nitrogens with one attached hydrogen (secondary N) is 1. The number of allylic oxidation sites excluding steroid dienone is 3. The number of nitrogens with zero attached hydrogens (tertiary/aromatic N) is 1. The van der Waals surface area contributed by atoms with Crippen molar-refractivity contribution in [3.05, 3.63) is 48.6 Å². The molecule has 1 aromatic carbocycles. The van der Waals surface area contributed by atoms with Gasteiger partial charge in [0.25, 0.3) is 0 Å². The molecule has 0 unspecified atom stereocenters. The summed E-state index contributed by atoms with van der Waals surface area (Å²) in [5.74, 6) is -2.32. The number of amides is 1. The van der Waals surface area contributed by atoms with Gasteiger partial charge in [-0.1, -0.05) is 25.2 Å². The zero-order chi connectivity index (χ0) is 39.2. The second-order valence-corrected chi connectivity index (χ2v) is 13.6. The van der Waals surface area contributed by atoms with Crippen LogP contribution in [0.15, 0.2) is 48.6 Å². The fraction of sp³-hybridized carbons (Fsp3) is 0.605. The van der Waals surface area contributed by atoms with Gasteiger partial charge in [-0.3, -0.25) is 19.7 Å². The van der Waals surface area contributed by atoms with Gasteiger partial charge in [0.15, 0.2) is 12.1 Å². The van der Waals surface area contributed by atoms with E-state index in [2.05, 4.69) is 5.32 Å². The molecule has 0 bridgehead atoms. The molecule has 15 heteroatoms. The lowest BCUT2D eigenvalue weighted by Crippen LogP contribution is -2.64. The van der Waals surface area contributed by atoms with Crippen LogP contribution in [-0.2, 0) is 47.6 Å². The smallest absolute Gasteiger partial charge is 0.412 e. The largest absolute Gasteiger partial charge is 0.497 e. The van der Waals surface area contributed by atoms with E-state index >= 15 is 0 Å². The fourth-order valence-electron chi connectivity index (χ4n) is 6.58. The number of rotatable bonds is 10. The zero-order valence-corrected chi connectivity index (χ0v) is 31.7. The molecule has 2 aliphatic rings. The normalized spacial score (nSPS) is 32.9. The molecule has 294 valence electrons. The average molecular weight is 747 g/mol. The highest BCUT2D eigenvalue weighted by Gasteiger charge is 2.50. The molecule has 2 aliphatic heterocycles. The molecule has 0 radical (unpaired) electrons. The minimum atomic E-state index is -1.44. The molecule has 53 heavy (non-hydrogen) atoms. The number of aliphatic hydroxyl groups is 1. The molecule has 0 spiro atoms. The van der Waals surface area contributed by atoms with Crippen molar-refractivity contribution in [2.75, 3.05) is 33.6 Å². The van der Waals surface area contributed by atoms with Crippen LogP contribution in [0, 0.1) is 11.8 Å². The minimum absolute atomic E-state index is 0.118. The molecule has 11 atom stereocenters. The molecule has 2 N–H and O–H groups in total. The third-order valence-corrected chi connectivity index (χ3v) is 9.21. The Morgan fingerprint density at radius 3 is 2.32 bits per heavy atom. The second kappa shape index (κ2) is 20.9. The van der Waals surface area contributed by atoms with Crippen LogP contribution < -0.4 is 10.1 Å². The van der Waals surface area contributed by atoms with Gasteiger partial charge in [0, 0.05) is 38.5 Å². The van der Waals surface area contributed by atoms with Crippen LogP contribution in [0.25, 0.3) is 0 Å². The molecule has 0 aliphatic carbocycles. The summed E-state index contributed by atoms with van der Waals surface area (Å²) in [6, 6.07) is 5.78. The zero-order valence-electron chi connectivity index (χ0n) is 31.7. The summed E-state index contributed by atoms with van der Waals surface area (Å²) >= 11 is 0. The van der Waals surface area contributed by atoms with Gasteiger partial charge >= 0.3 is 18.0 Å². The first kappa shape index (κ1) is 43.3. The highest BCUT2D eigenvalue weighted by atomic mass is 16.7. The van der Waals surface area contributed by atoms with Crippen LogP contribution in [0.3, 0.4) is 0 Å². The molecule has 0 aromatic heterocycles. The Bertz CT molecular complexity index is 1430. The SMILES string of the molecule is COc1ccc(NC(=O)O[C@H]2[C@H](N(C)C)[C@@H](O)[C@H](O[C@H]3[C@@H](CC=O)C[C@@H](C)C(=O)/C=C/C=C/C[C@@H](C)OC(=O)C[C@@H](OC(C)=O)[C@@H]3OC)O[C@@H]2C)cc1. The molecular weight excluding hydrogens is 692 g/mol. The quantitative estimate of drug-likeness (QED) is 0.201. The van der Waals surface area contributed by atoms with E-state index in [1.165, 1.54) is 27.2 Å². The predicted molar refractivity (Wildman–Crippen MR) is 192 cm³/mol. The summed E-state index contributed by atoms with van der Waals surface area (Å²) in [5.41, 5.74) is 0.454. The van der Waals surface area contributed by atoms with E-state index in [0.29, 0.717) is 24.1 Å². The van der Waals surface area contributed by atoms with Crippen LogP contribution in [-0.4, -0.2) is 123 Å². The monoisotopic (exact) mass is 746 g/mol. The van der Waals surface area contributed by atoms with Gasteiger partial charge in [0.2, 0.25) is 0 Å². The summed E-state index contributed by atoms with van der Waals surface area (Å²) in [7, 11) is 6.25.